The monoisotopic (exact) mass is 575 g/mol. The van der Waals surface area contributed by atoms with Gasteiger partial charge in [0.15, 0.2) is 0 Å². The molecule has 0 saturated heterocycles. The van der Waals surface area contributed by atoms with E-state index in [1.54, 1.807) is 60.7 Å². The number of carbonyl (C=O) groups excluding carboxylic acids is 2. The highest BCUT2D eigenvalue weighted by Crippen LogP contribution is 2.30. The zero-order valence-electron chi connectivity index (χ0n) is 20.2. The van der Waals surface area contributed by atoms with E-state index in [9.17, 15) is 9.59 Å². The fraction of sp³-hybridized carbons (Fsp3) is 0.259. The van der Waals surface area contributed by atoms with Crippen LogP contribution in [0.15, 0.2) is 78.9 Å². The summed E-state index contributed by atoms with van der Waals surface area (Å²) in [6.45, 7) is 9.93. The van der Waals surface area contributed by atoms with Crippen LogP contribution in [-0.4, -0.2) is 27.3 Å². The van der Waals surface area contributed by atoms with Crippen molar-refractivity contribution in [2.45, 2.75) is 37.3 Å². The summed E-state index contributed by atoms with van der Waals surface area (Å²) < 4.78 is 5.88. The molecule has 3 aromatic rings. The van der Waals surface area contributed by atoms with E-state index < -0.39 is 11.9 Å². The Labute approximate surface area is 222 Å². The van der Waals surface area contributed by atoms with E-state index in [-0.39, 0.29) is 13.8 Å². The average Bonchev–Trinajstić information content (AvgIpc) is 2.88. The van der Waals surface area contributed by atoms with Gasteiger partial charge in [-0.3, -0.25) is 0 Å². The number of carbonyl (C=O) groups is 2. The number of hydrogen-bond donors (Lipinski definition) is 0. The number of alkyl halides is 1. The summed E-state index contributed by atoms with van der Waals surface area (Å²) in [4.78, 5) is 31.9. The summed E-state index contributed by atoms with van der Waals surface area (Å²) in [5.41, 5.74) is 1.71. The highest BCUT2D eigenvalue weighted by Gasteiger charge is 2.24. The van der Waals surface area contributed by atoms with E-state index in [2.05, 4.69) is 52.6 Å². The van der Waals surface area contributed by atoms with Crippen molar-refractivity contribution in [2.75, 3.05) is 6.61 Å². The van der Waals surface area contributed by atoms with E-state index >= 15 is 0 Å². The predicted molar refractivity (Wildman–Crippen MR) is 145 cm³/mol. The van der Waals surface area contributed by atoms with Crippen LogP contribution in [0.2, 0.25) is 23.2 Å². The number of benzene rings is 3. The Balaban J connectivity index is 0.000000247. The fourth-order valence-corrected chi connectivity index (χ4v) is 3.64. The molecule has 3 aromatic carbocycles. The molecule has 0 unspecified atom stereocenters. The van der Waals surface area contributed by atoms with E-state index in [0.717, 1.165) is 28.3 Å². The molecule has 0 aliphatic carbocycles. The van der Waals surface area contributed by atoms with Crippen LogP contribution in [0, 0.1) is 0 Å². The molecule has 185 valence electrons. The lowest BCUT2D eigenvalue weighted by molar-refractivity contribution is -0.187. The zero-order valence-corrected chi connectivity index (χ0v) is 23.6. The smallest absolute Gasteiger partial charge is 0.386 e. The number of halogens is 2. The van der Waals surface area contributed by atoms with Crippen LogP contribution in [0.25, 0.3) is 0 Å². The zero-order chi connectivity index (χ0) is 25.8. The topological polar surface area (TPSA) is 61.8 Å². The second-order valence-corrected chi connectivity index (χ2v) is 12.9. The Bertz CT molecular complexity index is 1040. The molecule has 0 aliphatic heterocycles. The van der Waals surface area contributed by atoms with E-state index in [1.807, 2.05) is 18.2 Å². The summed E-state index contributed by atoms with van der Waals surface area (Å²) >= 11 is 9.48. The quantitative estimate of drug-likeness (QED) is 0.124. The molecule has 0 atom stereocenters. The first-order valence-corrected chi connectivity index (χ1v) is 14.9. The molecule has 0 fully saturated rings. The van der Waals surface area contributed by atoms with Gasteiger partial charge in [-0.05, 0) is 53.1 Å². The molecule has 0 saturated carbocycles. The third kappa shape index (κ3) is 9.51. The normalized spacial score (nSPS) is 10.7. The number of ether oxygens (including phenoxy) is 1. The van der Waals surface area contributed by atoms with Crippen LogP contribution in [0.3, 0.4) is 0 Å². The van der Waals surface area contributed by atoms with Crippen LogP contribution in [0.5, 0.6) is 5.75 Å². The van der Waals surface area contributed by atoms with Crippen LogP contribution < -0.4 is 4.74 Å². The second kappa shape index (κ2) is 14.1. The molecule has 3 rings (SSSR count). The predicted octanol–water partition coefficient (Wildman–Crippen LogP) is 7.76. The third-order valence-corrected chi connectivity index (χ3v) is 9.15. The van der Waals surface area contributed by atoms with Gasteiger partial charge in [0.2, 0.25) is 0 Å². The van der Waals surface area contributed by atoms with Crippen molar-refractivity contribution in [3.8, 4) is 5.75 Å². The van der Waals surface area contributed by atoms with E-state index in [1.165, 1.54) is 0 Å². The van der Waals surface area contributed by atoms with E-state index in [4.69, 9.17) is 16.3 Å². The number of hydrogen-bond acceptors (Lipinski definition) is 5. The molecule has 0 aromatic heterocycles. The van der Waals surface area contributed by atoms with Gasteiger partial charge in [-0.25, -0.2) is 19.4 Å². The second-order valence-electron chi connectivity index (χ2n) is 8.53. The van der Waals surface area contributed by atoms with Crippen molar-refractivity contribution in [3.05, 3.63) is 101 Å². The van der Waals surface area contributed by atoms with Crippen LogP contribution >= 0.6 is 27.5 Å². The Hall–Kier alpha value is -2.61. The van der Waals surface area contributed by atoms with Gasteiger partial charge in [-0.15, -0.1) is 0 Å². The molecule has 8 heteroatoms. The van der Waals surface area contributed by atoms with Crippen LogP contribution in [0.4, 0.5) is 0 Å². The first-order valence-electron chi connectivity index (χ1n) is 10.9. The minimum atomic E-state index is -0.708. The highest BCUT2D eigenvalue weighted by atomic mass is 79.9. The summed E-state index contributed by atoms with van der Waals surface area (Å²) in [6.07, 6.45) is 0. The Morgan fingerprint density at radius 1 is 0.857 bits per heavy atom. The van der Waals surface area contributed by atoms with Gasteiger partial charge in [-0.2, -0.15) is 0 Å². The summed E-state index contributed by atoms with van der Waals surface area (Å²) in [5, 5.41) is 1.81. The minimum absolute atomic E-state index is 0.277. The van der Waals surface area contributed by atoms with Gasteiger partial charge in [0.05, 0.1) is 26.5 Å². The maximum Gasteiger partial charge on any atom is 0.386 e. The lowest BCUT2D eigenvalue weighted by Crippen LogP contribution is -2.27. The maximum atomic E-state index is 11.5. The van der Waals surface area contributed by atoms with Crippen LogP contribution in [0.1, 0.15) is 40.1 Å². The van der Waals surface area contributed by atoms with Crippen molar-refractivity contribution < 1.29 is 24.1 Å². The van der Waals surface area contributed by atoms with E-state index in [0.29, 0.717) is 11.1 Å². The SMILES string of the molecule is C[Si](C)C(C)(C)COc1ccc(Cl)c(CBr)c1.O=C(OOC(=O)c1ccccc1)c1ccccc1. The summed E-state index contributed by atoms with van der Waals surface area (Å²) in [6, 6.07) is 22.4. The molecule has 0 spiro atoms. The highest BCUT2D eigenvalue weighted by molar-refractivity contribution is 9.08. The molecule has 5 nitrogen and oxygen atoms in total. The molecule has 1 radical (unpaired) electrons. The van der Waals surface area contributed by atoms with Crippen molar-refractivity contribution >= 4 is 48.3 Å². The molecular formula is C27H29BrClO5Si. The van der Waals surface area contributed by atoms with Crippen LogP contribution in [-0.2, 0) is 15.1 Å². The molecule has 35 heavy (non-hydrogen) atoms. The Morgan fingerprint density at radius 3 is 1.77 bits per heavy atom. The molecule has 0 heterocycles. The lowest BCUT2D eigenvalue weighted by Gasteiger charge is -2.28. The average molecular weight is 577 g/mol. The minimum Gasteiger partial charge on any atom is -0.493 e. The maximum absolute atomic E-state index is 11.5. The molecule has 0 bridgehead atoms. The Morgan fingerprint density at radius 2 is 1.34 bits per heavy atom. The fourth-order valence-electron chi connectivity index (χ4n) is 2.47. The van der Waals surface area contributed by atoms with Gasteiger partial charge >= 0.3 is 11.9 Å². The summed E-state index contributed by atoms with van der Waals surface area (Å²) in [7, 11) is -0.364. The molecular weight excluding hydrogens is 548 g/mol. The first-order chi connectivity index (χ1) is 16.6. The molecule has 0 aliphatic rings. The van der Waals surface area contributed by atoms with Gasteiger partial charge < -0.3 is 4.74 Å². The Kier molecular flexibility index (Phi) is 11.5. The molecule has 0 amide bonds. The lowest BCUT2D eigenvalue weighted by atomic mass is 10.2. The van der Waals surface area contributed by atoms with Gasteiger partial charge in [0.1, 0.15) is 5.75 Å². The molecule has 0 N–H and O–H groups in total. The van der Waals surface area contributed by atoms with Gasteiger partial charge in [-0.1, -0.05) is 90.9 Å². The van der Waals surface area contributed by atoms with Crippen molar-refractivity contribution in [2.24, 2.45) is 0 Å². The van der Waals surface area contributed by atoms with Gasteiger partial charge in [0.25, 0.3) is 0 Å². The van der Waals surface area contributed by atoms with Crippen molar-refractivity contribution in [1.29, 1.82) is 0 Å². The first kappa shape index (κ1) is 28.6. The number of rotatable bonds is 7. The standard InChI is InChI=1S/C14H10O4.C13H19BrClOSi/c15-13(11-7-3-1-4-8-11)17-18-14(16)12-9-5-2-6-10-12;1-13(2,17(3)4)9-16-11-5-6-12(15)10(7-11)8-14/h1-10H;5-7H,8-9H2,1-4H3. The summed E-state index contributed by atoms with van der Waals surface area (Å²) in [5.74, 6) is -0.514. The van der Waals surface area contributed by atoms with Gasteiger partial charge in [0, 0.05) is 10.4 Å². The van der Waals surface area contributed by atoms with Crippen molar-refractivity contribution in [3.63, 3.8) is 0 Å². The van der Waals surface area contributed by atoms with Crippen molar-refractivity contribution in [1.82, 2.24) is 0 Å². The largest absolute Gasteiger partial charge is 0.493 e. The third-order valence-electron chi connectivity index (χ3n) is 5.33.